The van der Waals surface area contributed by atoms with Crippen molar-refractivity contribution in [1.82, 2.24) is 0 Å². The van der Waals surface area contributed by atoms with Gasteiger partial charge in [0.05, 0.1) is 5.25 Å². The third kappa shape index (κ3) is 3.12. The highest BCUT2D eigenvalue weighted by Gasteiger charge is 2.21. The van der Waals surface area contributed by atoms with Crippen molar-refractivity contribution in [1.29, 1.82) is 0 Å². The van der Waals surface area contributed by atoms with E-state index in [1.807, 2.05) is 0 Å². The molecule has 0 bridgehead atoms. The minimum Gasteiger partial charge on any atom is -0.505 e. The Morgan fingerprint density at radius 3 is 2.94 bits per heavy atom. The average Bonchev–Trinajstić information content (AvgIpc) is 2.35. The highest BCUT2D eigenvalue weighted by Crippen LogP contribution is 2.26. The van der Waals surface area contributed by atoms with Crippen LogP contribution in [0.4, 0.5) is 10.1 Å². The van der Waals surface area contributed by atoms with E-state index in [0.717, 1.165) is 31.1 Å². The normalized spacial score (nSPS) is 19.9. The second-order valence-corrected chi connectivity index (χ2v) is 5.32. The second-order valence-electron chi connectivity index (χ2n) is 4.01. The van der Waals surface area contributed by atoms with Gasteiger partial charge in [0.15, 0.2) is 11.6 Å². The molecule has 0 aromatic heterocycles. The average molecular weight is 255 g/mol. The number of carbonyl (C=O) groups is 1. The zero-order valence-electron chi connectivity index (χ0n) is 9.28. The summed E-state index contributed by atoms with van der Waals surface area (Å²) < 4.78 is 13.1. The number of phenols is 1. The van der Waals surface area contributed by atoms with Crippen LogP contribution in [0.2, 0.25) is 0 Å². The lowest BCUT2D eigenvalue weighted by molar-refractivity contribution is -0.115. The lowest BCUT2D eigenvalue weighted by Crippen LogP contribution is -2.27. The van der Waals surface area contributed by atoms with Crippen LogP contribution in [0, 0.1) is 5.82 Å². The monoisotopic (exact) mass is 255 g/mol. The minimum atomic E-state index is -0.723. The highest BCUT2D eigenvalue weighted by atomic mass is 32.2. The molecule has 1 aromatic rings. The Morgan fingerprint density at radius 1 is 1.47 bits per heavy atom. The summed E-state index contributed by atoms with van der Waals surface area (Å²) in [6, 6.07) is 3.85. The molecule has 0 spiro atoms. The number of aromatic hydroxyl groups is 1. The fourth-order valence-corrected chi connectivity index (χ4v) is 2.95. The van der Waals surface area contributed by atoms with Crippen LogP contribution in [0.15, 0.2) is 18.2 Å². The van der Waals surface area contributed by atoms with Gasteiger partial charge in [-0.2, -0.15) is 0 Å². The van der Waals surface area contributed by atoms with Crippen molar-refractivity contribution in [2.24, 2.45) is 0 Å². The maximum atomic E-state index is 13.1. The molecule has 0 radical (unpaired) electrons. The van der Waals surface area contributed by atoms with Crippen molar-refractivity contribution in [3.63, 3.8) is 0 Å². The number of hydrogen-bond acceptors (Lipinski definition) is 3. The number of nitrogens with one attached hydrogen (secondary N) is 1. The minimum absolute atomic E-state index is 0.0411. The molecule has 0 saturated carbocycles. The summed E-state index contributed by atoms with van der Waals surface area (Å²) in [6.07, 6.45) is 3.09. The summed E-state index contributed by atoms with van der Waals surface area (Å²) in [5.41, 5.74) is 0.386. The van der Waals surface area contributed by atoms with Crippen LogP contribution in [0.25, 0.3) is 0 Å². The molecule has 1 heterocycles. The molecular formula is C12H14FNO2S. The van der Waals surface area contributed by atoms with E-state index in [9.17, 15) is 9.18 Å². The van der Waals surface area contributed by atoms with Gasteiger partial charge >= 0.3 is 0 Å². The molecule has 1 amide bonds. The van der Waals surface area contributed by atoms with Gasteiger partial charge in [-0.05, 0) is 30.7 Å². The molecular weight excluding hydrogens is 241 g/mol. The van der Waals surface area contributed by atoms with E-state index in [-0.39, 0.29) is 11.2 Å². The predicted molar refractivity (Wildman–Crippen MR) is 66.8 cm³/mol. The van der Waals surface area contributed by atoms with Crippen molar-refractivity contribution in [3.05, 3.63) is 24.0 Å². The van der Waals surface area contributed by atoms with E-state index in [2.05, 4.69) is 5.32 Å². The first-order valence-electron chi connectivity index (χ1n) is 5.58. The highest BCUT2D eigenvalue weighted by molar-refractivity contribution is 8.00. The molecule has 1 atom stereocenters. The topological polar surface area (TPSA) is 49.3 Å². The van der Waals surface area contributed by atoms with Gasteiger partial charge in [-0.1, -0.05) is 6.42 Å². The molecule has 1 aliphatic heterocycles. The van der Waals surface area contributed by atoms with Crippen LogP contribution in [0.3, 0.4) is 0 Å². The van der Waals surface area contributed by atoms with Crippen LogP contribution < -0.4 is 5.32 Å². The van der Waals surface area contributed by atoms with Gasteiger partial charge in [0.2, 0.25) is 5.91 Å². The van der Waals surface area contributed by atoms with Crippen LogP contribution >= 0.6 is 11.8 Å². The third-order valence-corrected chi connectivity index (χ3v) is 4.06. The van der Waals surface area contributed by atoms with Crippen molar-refractivity contribution in [2.75, 3.05) is 11.1 Å². The zero-order valence-corrected chi connectivity index (χ0v) is 10.1. The standard InChI is InChI=1S/C12H14FNO2S/c13-9-7-8(4-5-10(9)15)14-12(16)11-3-1-2-6-17-11/h4-5,7,11,15H,1-3,6H2,(H,14,16). The SMILES string of the molecule is O=C(Nc1ccc(O)c(F)c1)C1CCCCS1. The molecule has 1 unspecified atom stereocenters. The van der Waals surface area contributed by atoms with Gasteiger partial charge < -0.3 is 10.4 Å². The summed E-state index contributed by atoms with van der Waals surface area (Å²) in [5.74, 6) is -0.212. The molecule has 92 valence electrons. The van der Waals surface area contributed by atoms with Crippen LogP contribution in [-0.4, -0.2) is 22.0 Å². The molecule has 2 N–H and O–H groups in total. The lowest BCUT2D eigenvalue weighted by Gasteiger charge is -2.20. The van der Waals surface area contributed by atoms with E-state index in [0.29, 0.717) is 5.69 Å². The van der Waals surface area contributed by atoms with E-state index >= 15 is 0 Å². The predicted octanol–water partition coefficient (Wildman–Crippen LogP) is 2.76. The first-order chi connectivity index (χ1) is 8.16. The molecule has 1 saturated heterocycles. The quantitative estimate of drug-likeness (QED) is 0.799. The molecule has 17 heavy (non-hydrogen) atoms. The Kier molecular flexibility index (Phi) is 3.89. The fraction of sp³-hybridized carbons (Fsp3) is 0.417. The molecule has 5 heteroatoms. The van der Waals surface area contributed by atoms with Gasteiger partial charge in [-0.15, -0.1) is 11.8 Å². The van der Waals surface area contributed by atoms with Gasteiger partial charge in [0.25, 0.3) is 0 Å². The molecule has 2 rings (SSSR count). The Hall–Kier alpha value is -1.23. The van der Waals surface area contributed by atoms with Gasteiger partial charge in [0, 0.05) is 11.8 Å². The number of rotatable bonds is 2. The number of anilines is 1. The number of hydrogen-bond donors (Lipinski definition) is 2. The number of carbonyl (C=O) groups excluding carboxylic acids is 1. The van der Waals surface area contributed by atoms with E-state index in [1.54, 1.807) is 11.8 Å². The molecule has 1 aliphatic rings. The van der Waals surface area contributed by atoms with E-state index < -0.39 is 11.6 Å². The summed E-state index contributed by atoms with van der Waals surface area (Å²) in [5, 5.41) is 11.7. The number of benzene rings is 1. The Morgan fingerprint density at radius 2 is 2.29 bits per heavy atom. The van der Waals surface area contributed by atoms with Crippen molar-refractivity contribution < 1.29 is 14.3 Å². The molecule has 1 aromatic carbocycles. The summed E-state index contributed by atoms with van der Waals surface area (Å²) in [7, 11) is 0. The van der Waals surface area contributed by atoms with Gasteiger partial charge in [-0.3, -0.25) is 4.79 Å². The Labute approximate surface area is 103 Å². The first-order valence-corrected chi connectivity index (χ1v) is 6.62. The Balaban J connectivity index is 1.99. The van der Waals surface area contributed by atoms with Gasteiger partial charge in [0.1, 0.15) is 0 Å². The second kappa shape index (κ2) is 5.40. The molecule has 3 nitrogen and oxygen atoms in total. The maximum absolute atomic E-state index is 13.1. The Bertz CT molecular complexity index is 419. The summed E-state index contributed by atoms with van der Waals surface area (Å²) >= 11 is 1.64. The van der Waals surface area contributed by atoms with Crippen molar-refractivity contribution in [2.45, 2.75) is 24.5 Å². The summed E-state index contributed by atoms with van der Waals surface area (Å²) in [6.45, 7) is 0. The summed E-state index contributed by atoms with van der Waals surface area (Å²) in [4.78, 5) is 11.8. The number of phenolic OH excluding ortho intramolecular Hbond substituents is 1. The van der Waals surface area contributed by atoms with Crippen molar-refractivity contribution >= 4 is 23.4 Å². The van der Waals surface area contributed by atoms with Crippen LogP contribution in [-0.2, 0) is 4.79 Å². The van der Waals surface area contributed by atoms with Crippen LogP contribution in [0.5, 0.6) is 5.75 Å². The third-order valence-electron chi connectivity index (χ3n) is 2.69. The fourth-order valence-electron chi connectivity index (χ4n) is 1.75. The number of halogens is 1. The van der Waals surface area contributed by atoms with Crippen molar-refractivity contribution in [3.8, 4) is 5.75 Å². The smallest absolute Gasteiger partial charge is 0.237 e. The molecule has 0 aliphatic carbocycles. The van der Waals surface area contributed by atoms with Crippen LogP contribution in [0.1, 0.15) is 19.3 Å². The number of thioether (sulfide) groups is 1. The van der Waals surface area contributed by atoms with E-state index in [4.69, 9.17) is 5.11 Å². The molecule has 1 fully saturated rings. The van der Waals surface area contributed by atoms with E-state index in [1.165, 1.54) is 12.1 Å². The lowest BCUT2D eigenvalue weighted by atomic mass is 10.2. The van der Waals surface area contributed by atoms with Gasteiger partial charge in [-0.25, -0.2) is 4.39 Å². The number of amides is 1. The largest absolute Gasteiger partial charge is 0.505 e. The maximum Gasteiger partial charge on any atom is 0.237 e. The zero-order chi connectivity index (χ0) is 12.3. The first kappa shape index (κ1) is 12.2.